The van der Waals surface area contributed by atoms with E-state index in [1.807, 2.05) is 97.1 Å². The Kier molecular flexibility index (Phi) is 16.0. The van der Waals surface area contributed by atoms with Crippen LogP contribution in [0.2, 0.25) is 0 Å². The van der Waals surface area contributed by atoms with Crippen molar-refractivity contribution in [2.24, 2.45) is 0 Å². The first-order chi connectivity index (χ1) is 28.4. The summed E-state index contributed by atoms with van der Waals surface area (Å²) in [4.78, 5) is 0. The molecule has 1 unspecified atom stereocenters. The lowest BCUT2D eigenvalue weighted by atomic mass is 9.80. The molecule has 1 aliphatic rings. The second-order valence-electron chi connectivity index (χ2n) is 15.0. The maximum atomic E-state index is 11.3. The Bertz CT molecular complexity index is 1950. The van der Waals surface area contributed by atoms with Crippen LogP contribution in [0.1, 0.15) is 57.3 Å². The number of ether oxygens (including phenoxy) is 6. The Hall–Kier alpha value is -4.48. The summed E-state index contributed by atoms with van der Waals surface area (Å²) in [5, 5.41) is 22.5. The van der Waals surface area contributed by atoms with Crippen LogP contribution in [0.5, 0.6) is 0 Å². The molecule has 2 N–H and O–H groups in total. The lowest BCUT2D eigenvalue weighted by molar-refractivity contribution is -0.417. The minimum Gasteiger partial charge on any atom is -0.393 e. The molecule has 0 saturated carbocycles. The van der Waals surface area contributed by atoms with Crippen molar-refractivity contribution in [3.8, 4) is 0 Å². The van der Waals surface area contributed by atoms with Gasteiger partial charge in [-0.25, -0.2) is 0 Å². The molecule has 5 aromatic carbocycles. The van der Waals surface area contributed by atoms with Crippen molar-refractivity contribution in [3.63, 3.8) is 0 Å². The molecule has 5 aromatic rings. The highest BCUT2D eigenvalue weighted by Crippen LogP contribution is 2.48. The summed E-state index contributed by atoms with van der Waals surface area (Å²) in [5.74, 6) is -1.64. The van der Waals surface area contributed by atoms with E-state index in [2.05, 4.69) is 49.9 Å². The molecule has 0 radical (unpaired) electrons. The lowest BCUT2D eigenvalue weighted by Crippen LogP contribution is -2.72. The largest absolute Gasteiger partial charge is 0.393 e. The molecule has 306 valence electrons. The number of unbranched alkanes of at least 4 members (excludes halogenated alkanes) is 1. The SMILES string of the molecule is C=CCOCCCCc1ccc(Cc2cc([C@]3(OC)OC(CO)(CO)C(OCc4ccccc4)[C@H](OCc4ccccc4)[C@H]3OCc3ccccc3)ccc2C)cc1. The molecule has 8 nitrogen and oxygen atoms in total. The van der Waals surface area contributed by atoms with E-state index in [9.17, 15) is 10.2 Å². The molecule has 0 amide bonds. The third-order valence-corrected chi connectivity index (χ3v) is 10.9. The van der Waals surface area contributed by atoms with Crippen LogP contribution >= 0.6 is 0 Å². The van der Waals surface area contributed by atoms with Crippen molar-refractivity contribution in [1.82, 2.24) is 0 Å². The molecule has 1 fully saturated rings. The molecule has 6 rings (SSSR count). The van der Waals surface area contributed by atoms with E-state index in [1.54, 1.807) is 13.2 Å². The van der Waals surface area contributed by atoms with Crippen molar-refractivity contribution in [3.05, 3.63) is 191 Å². The molecular weight excluding hydrogens is 729 g/mol. The Morgan fingerprint density at radius 2 is 1.21 bits per heavy atom. The van der Waals surface area contributed by atoms with Crippen LogP contribution in [0.25, 0.3) is 0 Å². The molecular formula is C50H58O8. The zero-order valence-corrected chi connectivity index (χ0v) is 33.8. The zero-order chi connectivity index (χ0) is 40.6. The van der Waals surface area contributed by atoms with Crippen LogP contribution in [-0.4, -0.2) is 67.7 Å². The normalized spacial score (nSPS) is 20.2. The second-order valence-corrected chi connectivity index (χ2v) is 15.0. The van der Waals surface area contributed by atoms with Crippen LogP contribution in [0.3, 0.4) is 0 Å². The van der Waals surface area contributed by atoms with Crippen molar-refractivity contribution >= 4 is 0 Å². The predicted octanol–water partition coefficient (Wildman–Crippen LogP) is 8.42. The number of benzene rings is 5. The summed E-state index contributed by atoms with van der Waals surface area (Å²) >= 11 is 0. The smallest absolute Gasteiger partial charge is 0.225 e. The van der Waals surface area contributed by atoms with Gasteiger partial charge in [-0.15, -0.1) is 6.58 Å². The zero-order valence-electron chi connectivity index (χ0n) is 33.8. The number of methoxy groups -OCH3 is 1. The van der Waals surface area contributed by atoms with Gasteiger partial charge >= 0.3 is 0 Å². The molecule has 0 aromatic heterocycles. The summed E-state index contributed by atoms with van der Waals surface area (Å²) in [7, 11) is 1.57. The van der Waals surface area contributed by atoms with E-state index < -0.39 is 42.9 Å². The molecule has 8 heteroatoms. The first-order valence-corrected chi connectivity index (χ1v) is 20.2. The van der Waals surface area contributed by atoms with E-state index in [0.29, 0.717) is 18.6 Å². The summed E-state index contributed by atoms with van der Waals surface area (Å²) < 4.78 is 39.6. The summed E-state index contributed by atoms with van der Waals surface area (Å²) in [6.45, 7) is 6.60. The van der Waals surface area contributed by atoms with E-state index in [-0.39, 0.29) is 19.8 Å². The van der Waals surface area contributed by atoms with Crippen molar-refractivity contribution in [2.75, 3.05) is 33.5 Å². The fourth-order valence-corrected chi connectivity index (χ4v) is 7.62. The summed E-state index contributed by atoms with van der Waals surface area (Å²) in [5.41, 5.74) is 6.48. The first kappa shape index (κ1) is 43.1. The molecule has 1 heterocycles. The van der Waals surface area contributed by atoms with Gasteiger partial charge in [-0.1, -0.05) is 133 Å². The van der Waals surface area contributed by atoms with Gasteiger partial charge < -0.3 is 38.6 Å². The Morgan fingerprint density at radius 3 is 1.76 bits per heavy atom. The van der Waals surface area contributed by atoms with E-state index >= 15 is 0 Å². The van der Waals surface area contributed by atoms with Crippen molar-refractivity contribution in [2.45, 2.75) is 82.1 Å². The van der Waals surface area contributed by atoms with Gasteiger partial charge in [0.15, 0.2) is 0 Å². The minimum atomic E-state index is -1.66. The van der Waals surface area contributed by atoms with Gasteiger partial charge in [0.25, 0.3) is 0 Å². The fourth-order valence-electron chi connectivity index (χ4n) is 7.62. The van der Waals surface area contributed by atoms with Gasteiger partial charge in [0.2, 0.25) is 5.79 Å². The van der Waals surface area contributed by atoms with Crippen LogP contribution in [-0.2, 0) is 66.9 Å². The van der Waals surface area contributed by atoms with Crippen LogP contribution in [0.4, 0.5) is 0 Å². The van der Waals surface area contributed by atoms with Crippen molar-refractivity contribution in [1.29, 1.82) is 0 Å². The molecule has 4 atom stereocenters. The number of aryl methyl sites for hydroxylation is 2. The number of aliphatic hydroxyl groups is 2. The van der Waals surface area contributed by atoms with E-state index in [1.165, 1.54) is 11.1 Å². The number of hydrogen-bond acceptors (Lipinski definition) is 8. The second kappa shape index (κ2) is 21.5. The summed E-state index contributed by atoms with van der Waals surface area (Å²) in [6, 6.07) is 44.5. The third-order valence-electron chi connectivity index (χ3n) is 10.9. The van der Waals surface area contributed by atoms with Gasteiger partial charge in [0.1, 0.15) is 23.9 Å². The van der Waals surface area contributed by atoms with Crippen molar-refractivity contribution < 1.29 is 38.6 Å². The molecule has 0 bridgehead atoms. The molecule has 1 saturated heterocycles. The van der Waals surface area contributed by atoms with Gasteiger partial charge in [0, 0.05) is 19.3 Å². The maximum absolute atomic E-state index is 11.3. The van der Waals surface area contributed by atoms with Crippen LogP contribution in [0, 0.1) is 6.92 Å². The molecule has 0 aliphatic carbocycles. The van der Waals surface area contributed by atoms with Gasteiger partial charge in [0.05, 0.1) is 39.6 Å². The Morgan fingerprint density at radius 1 is 0.655 bits per heavy atom. The standard InChI is InChI=1S/C50H58O8/c1-4-29-54-30-15-14-16-39-24-26-40(27-25-39)31-44-32-45(28-23-38(44)2)50(53-3)48(57-35-43-21-12-7-13-22-43)46(55-33-41-17-8-5-9-18-41)47(49(36-51,37-52)58-50)56-34-42-19-10-6-11-20-42/h4-13,17-28,32,46-48,51-52H,1,14-16,29-31,33-37H2,2-3H3/t46-,47?,48+,50-/m0/s1. The number of aliphatic hydroxyl groups excluding tert-OH is 2. The third kappa shape index (κ3) is 10.8. The molecule has 0 spiro atoms. The minimum absolute atomic E-state index is 0.185. The average molecular weight is 787 g/mol. The Labute approximate surface area is 344 Å². The van der Waals surface area contributed by atoms with Gasteiger partial charge in [-0.2, -0.15) is 0 Å². The van der Waals surface area contributed by atoms with Gasteiger partial charge in [-0.05, 0) is 77.6 Å². The topological polar surface area (TPSA) is 95.8 Å². The molecule has 1 aliphatic heterocycles. The monoisotopic (exact) mass is 786 g/mol. The van der Waals surface area contributed by atoms with E-state index in [0.717, 1.165) is 53.7 Å². The fraction of sp³-hybridized carbons (Fsp3) is 0.360. The lowest BCUT2D eigenvalue weighted by Gasteiger charge is -2.56. The number of rotatable bonds is 22. The van der Waals surface area contributed by atoms with Crippen LogP contribution < -0.4 is 0 Å². The summed E-state index contributed by atoms with van der Waals surface area (Å²) in [6.07, 6.45) is 2.72. The predicted molar refractivity (Wildman–Crippen MR) is 226 cm³/mol. The molecule has 58 heavy (non-hydrogen) atoms. The quantitative estimate of drug-likeness (QED) is 0.0534. The first-order valence-electron chi connectivity index (χ1n) is 20.2. The highest BCUT2D eigenvalue weighted by atomic mass is 16.7. The highest BCUT2D eigenvalue weighted by Gasteiger charge is 2.64. The average Bonchev–Trinajstić information content (AvgIpc) is 3.27. The maximum Gasteiger partial charge on any atom is 0.225 e. The Balaban J connectivity index is 1.37. The van der Waals surface area contributed by atoms with Crippen LogP contribution in [0.15, 0.2) is 146 Å². The highest BCUT2D eigenvalue weighted by molar-refractivity contribution is 5.39. The van der Waals surface area contributed by atoms with Gasteiger partial charge in [-0.3, -0.25) is 0 Å². The number of hydrogen-bond donors (Lipinski definition) is 2. The van der Waals surface area contributed by atoms with E-state index in [4.69, 9.17) is 28.4 Å².